The quantitative estimate of drug-likeness (QED) is 0.776. The fraction of sp³-hybridized carbons (Fsp3) is 0.300. The number of aromatic hydroxyl groups is 1. The van der Waals surface area contributed by atoms with Crippen LogP contribution in [0.5, 0.6) is 5.75 Å². The summed E-state index contributed by atoms with van der Waals surface area (Å²) in [4.78, 5) is 11.1. The van der Waals surface area contributed by atoms with Gasteiger partial charge in [0.2, 0.25) is 10.0 Å². The predicted molar refractivity (Wildman–Crippen MR) is 62.1 cm³/mol. The first kappa shape index (κ1) is 13.3. The number of phenols is 1. The molecule has 94 valence electrons. The second kappa shape index (κ2) is 5.05. The van der Waals surface area contributed by atoms with Crippen molar-refractivity contribution in [3.63, 3.8) is 0 Å². The van der Waals surface area contributed by atoms with Gasteiger partial charge < -0.3 is 9.84 Å². The molecule has 0 heterocycles. The molecule has 0 bridgehead atoms. The SMILES string of the molecule is COC(=O)C(C)S(=O)(=O)Nc1cccc(O)c1. The molecule has 2 N–H and O–H groups in total. The standard InChI is InChI=1S/C10H13NO5S/c1-7(10(13)16-2)17(14,15)11-8-4-3-5-9(12)6-8/h3-7,11-12H,1-2H3. The van der Waals surface area contributed by atoms with Crippen LogP contribution in [0.15, 0.2) is 24.3 Å². The van der Waals surface area contributed by atoms with Gasteiger partial charge in [-0.2, -0.15) is 0 Å². The lowest BCUT2D eigenvalue weighted by atomic mass is 10.3. The van der Waals surface area contributed by atoms with E-state index in [-0.39, 0.29) is 11.4 Å². The molecule has 1 rings (SSSR count). The van der Waals surface area contributed by atoms with E-state index in [1.54, 1.807) is 0 Å². The number of esters is 1. The van der Waals surface area contributed by atoms with Gasteiger partial charge in [0.1, 0.15) is 5.75 Å². The lowest BCUT2D eigenvalue weighted by Gasteiger charge is -2.12. The summed E-state index contributed by atoms with van der Waals surface area (Å²) in [5.41, 5.74) is 0.181. The molecule has 0 aliphatic rings. The van der Waals surface area contributed by atoms with Crippen LogP contribution in [0, 0.1) is 0 Å². The summed E-state index contributed by atoms with van der Waals surface area (Å²) in [5.74, 6) is -0.923. The molecule has 1 atom stereocenters. The van der Waals surface area contributed by atoms with Crippen molar-refractivity contribution in [3.8, 4) is 5.75 Å². The van der Waals surface area contributed by atoms with Crippen LogP contribution in [-0.2, 0) is 19.6 Å². The Labute approximate surface area is 99.3 Å². The molecule has 0 radical (unpaired) electrons. The number of phenolic OH excluding ortho intramolecular Hbond substituents is 1. The third kappa shape index (κ3) is 3.35. The highest BCUT2D eigenvalue weighted by atomic mass is 32.2. The van der Waals surface area contributed by atoms with Crippen molar-refractivity contribution in [2.45, 2.75) is 12.2 Å². The molecular weight excluding hydrogens is 246 g/mol. The van der Waals surface area contributed by atoms with Crippen molar-refractivity contribution in [3.05, 3.63) is 24.3 Å². The van der Waals surface area contributed by atoms with Gasteiger partial charge >= 0.3 is 5.97 Å². The summed E-state index contributed by atoms with van der Waals surface area (Å²) < 4.78 is 30.0. The second-order valence-corrected chi connectivity index (χ2v) is 5.36. The Morgan fingerprint density at radius 3 is 2.65 bits per heavy atom. The van der Waals surface area contributed by atoms with E-state index in [0.29, 0.717) is 0 Å². The number of hydrogen-bond acceptors (Lipinski definition) is 5. The zero-order valence-corrected chi connectivity index (χ0v) is 10.2. The van der Waals surface area contributed by atoms with Gasteiger partial charge in [0.25, 0.3) is 0 Å². The van der Waals surface area contributed by atoms with Gasteiger partial charge in [-0.25, -0.2) is 8.42 Å². The maximum atomic E-state index is 11.7. The molecule has 7 heteroatoms. The third-order valence-corrected chi connectivity index (χ3v) is 3.75. The molecule has 0 spiro atoms. The van der Waals surface area contributed by atoms with Crippen LogP contribution in [0.2, 0.25) is 0 Å². The van der Waals surface area contributed by atoms with Crippen LogP contribution in [0.3, 0.4) is 0 Å². The summed E-state index contributed by atoms with van der Waals surface area (Å²) in [7, 11) is -2.76. The lowest BCUT2D eigenvalue weighted by Crippen LogP contribution is -2.33. The smallest absolute Gasteiger partial charge is 0.325 e. The molecule has 17 heavy (non-hydrogen) atoms. The Balaban J connectivity index is 2.90. The molecule has 1 aromatic rings. The Hall–Kier alpha value is -1.76. The first-order valence-corrected chi connectivity index (χ1v) is 6.30. The van der Waals surface area contributed by atoms with Crippen molar-refractivity contribution in [1.29, 1.82) is 0 Å². The largest absolute Gasteiger partial charge is 0.508 e. The number of ether oxygens (including phenoxy) is 1. The van der Waals surface area contributed by atoms with E-state index in [1.165, 1.54) is 31.2 Å². The van der Waals surface area contributed by atoms with Gasteiger partial charge in [-0.15, -0.1) is 0 Å². The fourth-order valence-electron chi connectivity index (χ4n) is 1.11. The number of carbonyl (C=O) groups excluding carboxylic acids is 1. The third-order valence-electron chi connectivity index (χ3n) is 2.10. The summed E-state index contributed by atoms with van der Waals surface area (Å²) in [5, 5.41) is 7.85. The molecule has 1 aromatic carbocycles. The molecule has 0 aliphatic heterocycles. The summed E-state index contributed by atoms with van der Waals surface area (Å²) >= 11 is 0. The van der Waals surface area contributed by atoms with Crippen molar-refractivity contribution in [1.82, 2.24) is 0 Å². The van der Waals surface area contributed by atoms with E-state index in [4.69, 9.17) is 0 Å². The monoisotopic (exact) mass is 259 g/mol. The molecule has 6 nitrogen and oxygen atoms in total. The van der Waals surface area contributed by atoms with Crippen LogP contribution in [0.4, 0.5) is 5.69 Å². The lowest BCUT2D eigenvalue weighted by molar-refractivity contribution is -0.139. The van der Waals surface area contributed by atoms with Gasteiger partial charge in [-0.1, -0.05) is 6.07 Å². The van der Waals surface area contributed by atoms with Crippen LogP contribution in [0.1, 0.15) is 6.92 Å². The molecule has 0 amide bonds. The molecule has 0 aliphatic carbocycles. The van der Waals surface area contributed by atoms with Crippen molar-refractivity contribution in [2.75, 3.05) is 11.8 Å². The second-order valence-electron chi connectivity index (χ2n) is 3.36. The molecule has 0 aromatic heterocycles. The van der Waals surface area contributed by atoms with E-state index in [2.05, 4.69) is 9.46 Å². The Bertz CT molecular complexity index is 511. The van der Waals surface area contributed by atoms with E-state index in [0.717, 1.165) is 7.11 Å². The van der Waals surface area contributed by atoms with Crippen molar-refractivity contribution < 1.29 is 23.1 Å². The van der Waals surface area contributed by atoms with E-state index >= 15 is 0 Å². The average molecular weight is 259 g/mol. The first-order chi connectivity index (χ1) is 7.86. The van der Waals surface area contributed by atoms with E-state index in [1.807, 2.05) is 0 Å². The van der Waals surface area contributed by atoms with Crippen molar-refractivity contribution in [2.24, 2.45) is 0 Å². The van der Waals surface area contributed by atoms with Gasteiger partial charge in [0.15, 0.2) is 5.25 Å². The first-order valence-electron chi connectivity index (χ1n) is 4.75. The van der Waals surface area contributed by atoms with Crippen LogP contribution < -0.4 is 4.72 Å². The molecule has 0 saturated carbocycles. The number of methoxy groups -OCH3 is 1. The molecule has 0 saturated heterocycles. The minimum absolute atomic E-state index is 0.0732. The summed E-state index contributed by atoms with van der Waals surface area (Å²) in [6, 6.07) is 5.58. The highest BCUT2D eigenvalue weighted by Crippen LogP contribution is 2.18. The Morgan fingerprint density at radius 2 is 2.12 bits per heavy atom. The van der Waals surface area contributed by atoms with Crippen LogP contribution in [-0.4, -0.2) is 31.9 Å². The maximum absolute atomic E-state index is 11.7. The average Bonchev–Trinajstić information content (AvgIpc) is 2.26. The number of rotatable bonds is 4. The van der Waals surface area contributed by atoms with Gasteiger partial charge in [0, 0.05) is 6.07 Å². The number of sulfonamides is 1. The Kier molecular flexibility index (Phi) is 3.95. The predicted octanol–water partition coefficient (Wildman–Crippen LogP) is 0.695. The minimum Gasteiger partial charge on any atom is -0.508 e. The number of carbonyl (C=O) groups is 1. The van der Waals surface area contributed by atoms with Crippen LogP contribution >= 0.6 is 0 Å². The number of hydrogen-bond donors (Lipinski definition) is 2. The highest BCUT2D eigenvalue weighted by molar-refractivity contribution is 7.94. The normalized spacial score (nSPS) is 12.8. The zero-order valence-electron chi connectivity index (χ0n) is 9.38. The number of anilines is 1. The number of nitrogens with one attached hydrogen (secondary N) is 1. The molecule has 1 unspecified atom stereocenters. The Morgan fingerprint density at radius 1 is 1.47 bits per heavy atom. The van der Waals surface area contributed by atoms with Gasteiger partial charge in [-0.3, -0.25) is 9.52 Å². The van der Waals surface area contributed by atoms with Gasteiger partial charge in [0.05, 0.1) is 12.8 Å². The van der Waals surface area contributed by atoms with Crippen molar-refractivity contribution >= 4 is 21.7 Å². The maximum Gasteiger partial charge on any atom is 0.325 e. The summed E-state index contributed by atoms with van der Waals surface area (Å²) in [6.45, 7) is 1.22. The van der Waals surface area contributed by atoms with E-state index in [9.17, 15) is 18.3 Å². The van der Waals surface area contributed by atoms with Gasteiger partial charge in [-0.05, 0) is 19.1 Å². The van der Waals surface area contributed by atoms with E-state index < -0.39 is 21.2 Å². The van der Waals surface area contributed by atoms with Crippen LogP contribution in [0.25, 0.3) is 0 Å². The molecule has 0 fully saturated rings. The fourth-order valence-corrected chi connectivity index (χ4v) is 2.10. The highest BCUT2D eigenvalue weighted by Gasteiger charge is 2.28. The topological polar surface area (TPSA) is 92.7 Å². The minimum atomic E-state index is -3.88. The molecular formula is C10H13NO5S. The summed E-state index contributed by atoms with van der Waals surface area (Å²) in [6.07, 6.45) is 0. The zero-order chi connectivity index (χ0) is 13.1. The number of benzene rings is 1.